The summed E-state index contributed by atoms with van der Waals surface area (Å²) in [5.41, 5.74) is 5.34. The lowest BCUT2D eigenvalue weighted by Gasteiger charge is -2.16. The Hall–Kier alpha value is -4.74. The molecule has 0 atom stereocenters. The molecule has 4 aromatic rings. The van der Waals surface area contributed by atoms with E-state index in [9.17, 15) is 9.59 Å². The average Bonchev–Trinajstić information content (AvgIpc) is 3.46. The van der Waals surface area contributed by atoms with Gasteiger partial charge in [0.2, 0.25) is 11.4 Å². The molecule has 0 unspecified atom stereocenters. The van der Waals surface area contributed by atoms with Crippen LogP contribution in [0.1, 0.15) is 81.8 Å². The van der Waals surface area contributed by atoms with Crippen LogP contribution in [0.2, 0.25) is 0 Å². The first kappa shape index (κ1) is 26.5. The number of nitrogens with zero attached hydrogens (tertiary/aromatic N) is 4. The molecule has 7 rings (SSSR count). The van der Waals surface area contributed by atoms with Crippen LogP contribution >= 0.6 is 0 Å². The van der Waals surface area contributed by atoms with Crippen LogP contribution in [0.4, 0.5) is 0 Å². The first-order valence-corrected chi connectivity index (χ1v) is 13.9. The number of benzene rings is 2. The molecule has 12 heteroatoms. The molecular weight excluding hydrogens is 528 g/mol. The summed E-state index contributed by atoms with van der Waals surface area (Å²) in [6, 6.07) is 11.9. The van der Waals surface area contributed by atoms with Gasteiger partial charge in [-0.15, -0.1) is 0 Å². The van der Waals surface area contributed by atoms with Gasteiger partial charge in [0.25, 0.3) is 11.8 Å². The third kappa shape index (κ3) is 6.37. The second-order valence-electron chi connectivity index (χ2n) is 10.4. The summed E-state index contributed by atoms with van der Waals surface area (Å²) < 4.78 is 16.5. The number of esters is 1. The summed E-state index contributed by atoms with van der Waals surface area (Å²) in [4.78, 5) is 22.9. The number of aromatic nitrogens is 6. The molecule has 0 bridgehead atoms. The van der Waals surface area contributed by atoms with Crippen molar-refractivity contribution in [1.29, 1.82) is 0 Å². The number of aromatic amines is 2. The smallest absolute Gasteiger partial charge is 0.362 e. The molecule has 0 radical (unpaired) electrons. The van der Waals surface area contributed by atoms with Crippen LogP contribution in [0.5, 0.6) is 23.3 Å². The van der Waals surface area contributed by atoms with Crippen LogP contribution in [0.15, 0.2) is 36.4 Å². The fourth-order valence-electron chi connectivity index (χ4n) is 5.02. The van der Waals surface area contributed by atoms with E-state index >= 15 is 0 Å². The molecule has 1 fully saturated rings. The van der Waals surface area contributed by atoms with Crippen LogP contribution in [0.25, 0.3) is 0 Å². The van der Waals surface area contributed by atoms with E-state index in [1.165, 1.54) is 47.9 Å². The molecule has 1 saturated carbocycles. The largest absolute Gasteiger partial charge is 0.476 e. The van der Waals surface area contributed by atoms with Gasteiger partial charge in [-0.25, -0.2) is 19.8 Å². The van der Waals surface area contributed by atoms with Crippen molar-refractivity contribution in [1.82, 2.24) is 30.8 Å². The first-order valence-electron chi connectivity index (χ1n) is 13.9. The Morgan fingerprint density at radius 1 is 0.707 bits per heavy atom. The van der Waals surface area contributed by atoms with Crippen LogP contribution in [0, 0.1) is 0 Å². The molecule has 3 aliphatic carbocycles. The second kappa shape index (κ2) is 11.8. The highest BCUT2D eigenvalue weighted by molar-refractivity contribution is 5.89. The SMILES string of the molecule is O=C(O)c1[nH]nnc1Oc1ccc2c(c1)CCCC2.O=C(OC1CC1)c1[nH]nnc1Oc1ccc2c(c1)CCCC2. The van der Waals surface area contributed by atoms with Crippen molar-refractivity contribution in [3.05, 3.63) is 70.0 Å². The number of rotatable bonds is 7. The topological polar surface area (TPSA) is 165 Å². The highest BCUT2D eigenvalue weighted by atomic mass is 16.6. The van der Waals surface area contributed by atoms with Gasteiger partial charge < -0.3 is 19.3 Å². The van der Waals surface area contributed by atoms with Gasteiger partial charge in [-0.2, -0.15) is 0 Å². The summed E-state index contributed by atoms with van der Waals surface area (Å²) in [5.74, 6) is -0.171. The number of carbonyl (C=O) groups is 2. The van der Waals surface area contributed by atoms with Gasteiger partial charge in [0.1, 0.15) is 17.6 Å². The molecule has 12 nitrogen and oxygen atoms in total. The molecule has 3 N–H and O–H groups in total. The molecule has 2 aromatic carbocycles. The van der Waals surface area contributed by atoms with E-state index in [1.807, 2.05) is 30.3 Å². The zero-order valence-corrected chi connectivity index (χ0v) is 22.4. The number of nitrogens with one attached hydrogen (secondary N) is 2. The van der Waals surface area contributed by atoms with E-state index in [2.05, 4.69) is 36.9 Å². The van der Waals surface area contributed by atoms with Crippen molar-refractivity contribution in [2.45, 2.75) is 70.3 Å². The molecule has 2 heterocycles. The van der Waals surface area contributed by atoms with E-state index in [1.54, 1.807) is 0 Å². The zero-order valence-electron chi connectivity index (χ0n) is 22.4. The minimum atomic E-state index is -1.14. The lowest BCUT2D eigenvalue weighted by molar-refractivity contribution is 0.0462. The molecule has 0 spiro atoms. The number of H-pyrrole nitrogens is 2. The molecule has 2 aromatic heterocycles. The number of carbonyl (C=O) groups excluding carboxylic acids is 1. The Kier molecular flexibility index (Phi) is 7.61. The third-order valence-corrected chi connectivity index (χ3v) is 7.32. The Balaban J connectivity index is 0.000000149. The monoisotopic (exact) mass is 558 g/mol. The minimum absolute atomic E-state index is 0.0109. The van der Waals surface area contributed by atoms with Crippen molar-refractivity contribution < 1.29 is 28.9 Å². The van der Waals surface area contributed by atoms with E-state index in [4.69, 9.17) is 19.3 Å². The van der Waals surface area contributed by atoms with Crippen LogP contribution in [-0.2, 0) is 30.4 Å². The second-order valence-corrected chi connectivity index (χ2v) is 10.4. The van der Waals surface area contributed by atoms with Crippen molar-refractivity contribution in [2.75, 3.05) is 0 Å². The third-order valence-electron chi connectivity index (χ3n) is 7.32. The number of ether oxygens (including phenoxy) is 3. The molecular formula is C29H30N6O6. The summed E-state index contributed by atoms with van der Waals surface area (Å²) >= 11 is 0. The van der Waals surface area contributed by atoms with Gasteiger partial charge in [0.15, 0.2) is 0 Å². The molecule has 212 valence electrons. The molecule has 41 heavy (non-hydrogen) atoms. The molecule has 3 aliphatic rings. The van der Waals surface area contributed by atoms with E-state index in [0.717, 1.165) is 38.5 Å². The van der Waals surface area contributed by atoms with Crippen LogP contribution < -0.4 is 9.47 Å². The lowest BCUT2D eigenvalue weighted by atomic mass is 9.92. The number of carboxylic acid groups (broad SMARTS) is 1. The molecule has 0 saturated heterocycles. The zero-order chi connectivity index (χ0) is 28.2. The fourth-order valence-corrected chi connectivity index (χ4v) is 5.02. The number of carboxylic acids is 1. The summed E-state index contributed by atoms with van der Waals surface area (Å²) in [7, 11) is 0. The van der Waals surface area contributed by atoms with Crippen molar-refractivity contribution in [3.63, 3.8) is 0 Å². The number of fused-ring (bicyclic) bond motifs is 2. The van der Waals surface area contributed by atoms with Gasteiger partial charge >= 0.3 is 11.9 Å². The molecule has 0 amide bonds. The predicted octanol–water partition coefficient (Wildman–Crippen LogP) is 4.97. The lowest BCUT2D eigenvalue weighted by Crippen LogP contribution is -2.08. The van der Waals surface area contributed by atoms with Crippen LogP contribution in [-0.4, -0.2) is 54.0 Å². The summed E-state index contributed by atoms with van der Waals surface area (Å²) in [5, 5.41) is 28.4. The van der Waals surface area contributed by atoms with E-state index < -0.39 is 11.9 Å². The first-order chi connectivity index (χ1) is 20.0. The summed E-state index contributed by atoms with van der Waals surface area (Å²) in [6.45, 7) is 0. The Morgan fingerprint density at radius 3 is 1.71 bits per heavy atom. The maximum absolute atomic E-state index is 12.0. The van der Waals surface area contributed by atoms with Gasteiger partial charge in [-0.05, 0) is 111 Å². The normalized spacial score (nSPS) is 15.5. The number of hydrogen-bond donors (Lipinski definition) is 3. The van der Waals surface area contributed by atoms with E-state index in [-0.39, 0.29) is 29.3 Å². The highest BCUT2D eigenvalue weighted by Gasteiger charge is 2.29. The number of hydrogen-bond acceptors (Lipinski definition) is 9. The predicted molar refractivity (Wildman–Crippen MR) is 144 cm³/mol. The van der Waals surface area contributed by atoms with Crippen LogP contribution in [0.3, 0.4) is 0 Å². The Bertz CT molecular complexity index is 1560. The summed E-state index contributed by atoms with van der Waals surface area (Å²) in [6.07, 6.45) is 11.1. The van der Waals surface area contributed by atoms with Gasteiger partial charge in [-0.3, -0.25) is 0 Å². The maximum atomic E-state index is 12.0. The standard InChI is InChI=1S/C16H17N3O3.C13H13N3O3/c20-16(22-12-7-8-12)14-15(18-19-17-14)21-13-6-5-10-3-1-2-4-11(10)9-13;17-13(18)11-12(15-16-14-11)19-10-6-5-8-3-1-2-4-9(8)7-10/h5-6,9,12H,1-4,7-8H2,(H,17,18,19);5-7H,1-4H2,(H,17,18)(H,14,15,16). The minimum Gasteiger partial charge on any atom is -0.476 e. The quantitative estimate of drug-likeness (QED) is 0.264. The fraction of sp³-hybridized carbons (Fsp3) is 0.379. The van der Waals surface area contributed by atoms with Crippen molar-refractivity contribution in [3.8, 4) is 23.3 Å². The van der Waals surface area contributed by atoms with Gasteiger partial charge in [0, 0.05) is 0 Å². The number of aromatic carboxylic acids is 1. The average molecular weight is 559 g/mol. The van der Waals surface area contributed by atoms with Crippen molar-refractivity contribution >= 4 is 11.9 Å². The van der Waals surface area contributed by atoms with Gasteiger partial charge in [0.05, 0.1) is 0 Å². The maximum Gasteiger partial charge on any atom is 0.362 e. The Labute approximate surface area is 235 Å². The van der Waals surface area contributed by atoms with Gasteiger partial charge in [-0.1, -0.05) is 32.8 Å². The highest BCUT2D eigenvalue weighted by Crippen LogP contribution is 2.31. The Morgan fingerprint density at radius 2 is 1.20 bits per heavy atom. The molecule has 0 aliphatic heterocycles. The van der Waals surface area contributed by atoms with Crippen molar-refractivity contribution in [2.24, 2.45) is 0 Å². The van der Waals surface area contributed by atoms with E-state index in [0.29, 0.717) is 11.5 Å². The number of aryl methyl sites for hydroxylation is 4.